The Hall–Kier alpha value is -2.60. The van der Waals surface area contributed by atoms with Crippen LogP contribution in [0.4, 0.5) is 0 Å². The van der Waals surface area contributed by atoms with E-state index in [1.54, 1.807) is 16.9 Å². The first-order chi connectivity index (χ1) is 14.7. The molecule has 0 saturated heterocycles. The van der Waals surface area contributed by atoms with Crippen molar-refractivity contribution in [2.75, 3.05) is 33.4 Å². The van der Waals surface area contributed by atoms with Crippen LogP contribution in [0.3, 0.4) is 0 Å². The summed E-state index contributed by atoms with van der Waals surface area (Å²) < 4.78 is 7.20. The zero-order chi connectivity index (χ0) is 23.0. The number of nitrogens with zero attached hydrogens (tertiary/aromatic N) is 3. The highest BCUT2D eigenvalue weighted by molar-refractivity contribution is 5.96. The summed E-state index contributed by atoms with van der Waals surface area (Å²) in [5.74, 6) is -0.187. The summed E-state index contributed by atoms with van der Waals surface area (Å²) in [6.45, 7) is 10.5. The second kappa shape index (κ2) is 11.1. The predicted octanol–water partition coefficient (Wildman–Crippen LogP) is 3.85. The third-order valence-electron chi connectivity index (χ3n) is 5.43. The molecule has 1 aromatic heterocycles. The van der Waals surface area contributed by atoms with Crippen LogP contribution in [0.25, 0.3) is 0 Å². The average molecular weight is 428 g/mol. The number of aryl methyl sites for hydroxylation is 1. The third-order valence-corrected chi connectivity index (χ3v) is 5.43. The normalized spacial score (nSPS) is 11.4. The maximum Gasteiger partial charge on any atom is 0.254 e. The minimum atomic E-state index is -0.110. The van der Waals surface area contributed by atoms with E-state index in [1.807, 2.05) is 61.1 Å². The van der Waals surface area contributed by atoms with E-state index < -0.39 is 0 Å². The highest BCUT2D eigenvalue weighted by Crippen LogP contribution is 2.22. The first-order valence-electron chi connectivity index (χ1n) is 10.9. The van der Waals surface area contributed by atoms with Crippen molar-refractivity contribution in [3.8, 4) is 0 Å². The van der Waals surface area contributed by atoms with Crippen LogP contribution in [-0.4, -0.2) is 59.5 Å². The van der Waals surface area contributed by atoms with Crippen LogP contribution < -0.4 is 0 Å². The molecule has 0 aliphatic heterocycles. The van der Waals surface area contributed by atoms with Gasteiger partial charge in [0.15, 0.2) is 0 Å². The van der Waals surface area contributed by atoms with E-state index in [-0.39, 0.29) is 23.8 Å². The number of hydrogen-bond donors (Lipinski definition) is 0. The molecule has 0 unspecified atom stereocenters. The van der Waals surface area contributed by atoms with Gasteiger partial charge in [-0.2, -0.15) is 0 Å². The standard InChI is InChI=1S/C25H37N3O3/c1-7-14-28(24(30)20-10-12-21(13-11-20)25(2,3)4)19-23(29)27(16-17-31-6)18-22-9-8-15-26(22)5/h8-13,15H,7,14,16-19H2,1-6H3. The molecule has 1 heterocycles. The van der Waals surface area contributed by atoms with Crippen molar-refractivity contribution >= 4 is 11.8 Å². The number of methoxy groups -OCH3 is 1. The van der Waals surface area contributed by atoms with Gasteiger partial charge in [0.05, 0.1) is 13.2 Å². The zero-order valence-corrected chi connectivity index (χ0v) is 19.9. The smallest absolute Gasteiger partial charge is 0.254 e. The first-order valence-corrected chi connectivity index (χ1v) is 10.9. The Morgan fingerprint density at radius 3 is 2.23 bits per heavy atom. The molecule has 170 valence electrons. The van der Waals surface area contributed by atoms with E-state index in [4.69, 9.17) is 4.74 Å². The molecule has 0 spiro atoms. The van der Waals surface area contributed by atoms with Gasteiger partial charge in [-0.3, -0.25) is 9.59 Å². The molecule has 1 aromatic carbocycles. The third kappa shape index (κ3) is 6.96. The number of ether oxygens (including phenoxy) is 1. The minimum absolute atomic E-state index is 0.0272. The molecule has 6 heteroatoms. The van der Waals surface area contributed by atoms with Gasteiger partial charge in [-0.25, -0.2) is 0 Å². The van der Waals surface area contributed by atoms with Crippen LogP contribution in [0, 0.1) is 0 Å². The average Bonchev–Trinajstić information content (AvgIpc) is 3.14. The van der Waals surface area contributed by atoms with Gasteiger partial charge in [-0.05, 0) is 41.7 Å². The second-order valence-corrected chi connectivity index (χ2v) is 8.97. The maximum absolute atomic E-state index is 13.2. The van der Waals surface area contributed by atoms with Gasteiger partial charge in [-0.15, -0.1) is 0 Å². The number of hydrogen-bond acceptors (Lipinski definition) is 3. The molecule has 0 N–H and O–H groups in total. The largest absolute Gasteiger partial charge is 0.383 e. The van der Waals surface area contributed by atoms with Crippen molar-refractivity contribution in [2.45, 2.75) is 46.1 Å². The van der Waals surface area contributed by atoms with Crippen LogP contribution in [0.5, 0.6) is 0 Å². The van der Waals surface area contributed by atoms with Gasteiger partial charge in [0.2, 0.25) is 5.91 Å². The van der Waals surface area contributed by atoms with Crippen LogP contribution >= 0.6 is 0 Å². The summed E-state index contributed by atoms with van der Waals surface area (Å²) in [4.78, 5) is 29.7. The summed E-state index contributed by atoms with van der Waals surface area (Å²) in [6, 6.07) is 11.7. The number of amides is 2. The SMILES string of the molecule is CCCN(CC(=O)N(CCOC)Cc1cccn1C)C(=O)c1ccc(C(C)(C)C)cc1. The molecule has 0 saturated carbocycles. The predicted molar refractivity (Wildman–Crippen MR) is 124 cm³/mol. The Kier molecular flexibility index (Phi) is 8.87. The molecule has 0 aliphatic carbocycles. The van der Waals surface area contributed by atoms with E-state index in [9.17, 15) is 9.59 Å². The zero-order valence-electron chi connectivity index (χ0n) is 19.9. The summed E-state index contributed by atoms with van der Waals surface area (Å²) in [5.41, 5.74) is 2.85. The quantitative estimate of drug-likeness (QED) is 0.579. The molecule has 6 nitrogen and oxygen atoms in total. The summed E-state index contributed by atoms with van der Waals surface area (Å²) in [6.07, 6.45) is 2.75. The van der Waals surface area contributed by atoms with Crippen molar-refractivity contribution in [3.05, 3.63) is 59.4 Å². The fourth-order valence-electron chi connectivity index (χ4n) is 3.43. The second-order valence-electron chi connectivity index (χ2n) is 8.97. The molecule has 0 atom stereocenters. The lowest BCUT2D eigenvalue weighted by Gasteiger charge is -2.28. The van der Waals surface area contributed by atoms with E-state index in [2.05, 4.69) is 20.8 Å². The van der Waals surface area contributed by atoms with Gasteiger partial charge < -0.3 is 19.1 Å². The van der Waals surface area contributed by atoms with E-state index >= 15 is 0 Å². The molecular formula is C25H37N3O3. The lowest BCUT2D eigenvalue weighted by molar-refractivity contribution is -0.133. The number of carbonyl (C=O) groups is 2. The Morgan fingerprint density at radius 2 is 1.71 bits per heavy atom. The fraction of sp³-hybridized carbons (Fsp3) is 0.520. The van der Waals surface area contributed by atoms with Crippen molar-refractivity contribution in [2.24, 2.45) is 7.05 Å². The molecular weight excluding hydrogens is 390 g/mol. The molecule has 31 heavy (non-hydrogen) atoms. The van der Waals surface area contributed by atoms with Gasteiger partial charge in [0, 0.05) is 44.7 Å². The van der Waals surface area contributed by atoms with Gasteiger partial charge >= 0.3 is 0 Å². The monoisotopic (exact) mass is 427 g/mol. The van der Waals surface area contributed by atoms with E-state index in [0.29, 0.717) is 31.8 Å². The van der Waals surface area contributed by atoms with Crippen molar-refractivity contribution in [1.29, 1.82) is 0 Å². The Bertz CT molecular complexity index is 850. The molecule has 0 bridgehead atoms. The molecule has 0 fully saturated rings. The number of rotatable bonds is 10. The van der Waals surface area contributed by atoms with E-state index in [0.717, 1.165) is 12.1 Å². The van der Waals surface area contributed by atoms with Crippen molar-refractivity contribution in [1.82, 2.24) is 14.4 Å². The van der Waals surface area contributed by atoms with Gasteiger partial charge in [0.25, 0.3) is 5.91 Å². The summed E-state index contributed by atoms with van der Waals surface area (Å²) >= 11 is 0. The lowest BCUT2D eigenvalue weighted by atomic mass is 9.86. The van der Waals surface area contributed by atoms with Crippen LogP contribution in [-0.2, 0) is 28.5 Å². The lowest BCUT2D eigenvalue weighted by Crippen LogP contribution is -2.44. The van der Waals surface area contributed by atoms with Crippen LogP contribution in [0.15, 0.2) is 42.6 Å². The Balaban J connectivity index is 2.15. The Labute approximate surface area is 186 Å². The molecule has 0 radical (unpaired) electrons. The summed E-state index contributed by atoms with van der Waals surface area (Å²) in [7, 11) is 3.59. The molecule has 0 aliphatic rings. The molecule has 2 amide bonds. The van der Waals surface area contributed by atoms with Crippen LogP contribution in [0.1, 0.15) is 55.7 Å². The Morgan fingerprint density at radius 1 is 1.03 bits per heavy atom. The topological polar surface area (TPSA) is 54.8 Å². The first kappa shape index (κ1) is 24.7. The molecule has 2 rings (SSSR count). The molecule has 2 aromatic rings. The maximum atomic E-state index is 13.2. The minimum Gasteiger partial charge on any atom is -0.383 e. The van der Waals surface area contributed by atoms with Gasteiger partial charge in [-0.1, -0.05) is 39.8 Å². The van der Waals surface area contributed by atoms with Crippen LogP contribution in [0.2, 0.25) is 0 Å². The number of carbonyl (C=O) groups excluding carboxylic acids is 2. The fourth-order valence-corrected chi connectivity index (χ4v) is 3.43. The van der Waals surface area contributed by atoms with Crippen molar-refractivity contribution in [3.63, 3.8) is 0 Å². The summed E-state index contributed by atoms with van der Waals surface area (Å²) in [5, 5.41) is 0. The number of benzene rings is 1. The highest BCUT2D eigenvalue weighted by Gasteiger charge is 2.23. The number of aromatic nitrogens is 1. The highest BCUT2D eigenvalue weighted by atomic mass is 16.5. The van der Waals surface area contributed by atoms with Crippen molar-refractivity contribution < 1.29 is 14.3 Å². The van der Waals surface area contributed by atoms with E-state index in [1.165, 1.54) is 5.56 Å². The van der Waals surface area contributed by atoms with Gasteiger partial charge in [0.1, 0.15) is 6.54 Å².